The van der Waals surface area contributed by atoms with Gasteiger partial charge in [-0.1, -0.05) is 33.8 Å². The van der Waals surface area contributed by atoms with Crippen LogP contribution in [0.3, 0.4) is 0 Å². The molecule has 0 saturated heterocycles. The van der Waals surface area contributed by atoms with Crippen molar-refractivity contribution in [3.63, 3.8) is 0 Å². The van der Waals surface area contributed by atoms with Crippen LogP contribution >= 0.6 is 0 Å². The van der Waals surface area contributed by atoms with Gasteiger partial charge in [0.15, 0.2) is 11.6 Å². The van der Waals surface area contributed by atoms with E-state index in [1.54, 1.807) is 13.2 Å². The van der Waals surface area contributed by atoms with Crippen molar-refractivity contribution in [1.29, 1.82) is 0 Å². The van der Waals surface area contributed by atoms with E-state index in [1.165, 1.54) is 6.07 Å². The van der Waals surface area contributed by atoms with Crippen LogP contribution in [-0.2, 0) is 4.74 Å². The summed E-state index contributed by atoms with van der Waals surface area (Å²) >= 11 is 0. The molecule has 0 fully saturated rings. The van der Waals surface area contributed by atoms with Crippen LogP contribution in [0.1, 0.15) is 45.6 Å². The Balaban J connectivity index is 2.93. The Kier molecular flexibility index (Phi) is 5.60. The topological polar surface area (TPSA) is 18.5 Å². The van der Waals surface area contributed by atoms with Gasteiger partial charge in [-0.2, -0.15) is 0 Å². The fraction of sp³-hybridized carbons (Fsp3) is 0.600. The first-order chi connectivity index (χ1) is 8.49. The van der Waals surface area contributed by atoms with Crippen LogP contribution in [0.25, 0.3) is 0 Å². The Morgan fingerprint density at radius 3 is 2.39 bits per heavy atom. The van der Waals surface area contributed by atoms with Crippen LogP contribution < -0.4 is 4.74 Å². The second-order valence-corrected chi connectivity index (χ2v) is 4.97. The SMILES string of the molecule is CCC(C)c1ccc(F)c(OC(OC)C(C)C)c1. The zero-order valence-corrected chi connectivity index (χ0v) is 11.9. The van der Waals surface area contributed by atoms with E-state index in [2.05, 4.69) is 13.8 Å². The third kappa shape index (κ3) is 3.70. The first-order valence-electron chi connectivity index (χ1n) is 6.48. The van der Waals surface area contributed by atoms with E-state index in [0.29, 0.717) is 5.92 Å². The van der Waals surface area contributed by atoms with Gasteiger partial charge in [0.2, 0.25) is 6.29 Å². The van der Waals surface area contributed by atoms with Crippen LogP contribution in [0.15, 0.2) is 18.2 Å². The van der Waals surface area contributed by atoms with E-state index in [4.69, 9.17) is 9.47 Å². The lowest BCUT2D eigenvalue weighted by Gasteiger charge is -2.22. The summed E-state index contributed by atoms with van der Waals surface area (Å²) in [4.78, 5) is 0. The van der Waals surface area contributed by atoms with Gasteiger partial charge >= 0.3 is 0 Å². The number of rotatable bonds is 6. The van der Waals surface area contributed by atoms with Gasteiger partial charge in [0.05, 0.1) is 0 Å². The molecule has 0 aliphatic rings. The average molecular weight is 254 g/mol. The van der Waals surface area contributed by atoms with Crippen molar-refractivity contribution in [2.45, 2.75) is 46.3 Å². The van der Waals surface area contributed by atoms with Crippen molar-refractivity contribution in [3.05, 3.63) is 29.6 Å². The predicted octanol–water partition coefficient (Wildman–Crippen LogP) is 4.35. The summed E-state index contributed by atoms with van der Waals surface area (Å²) in [5.41, 5.74) is 1.09. The molecule has 0 aromatic heterocycles. The van der Waals surface area contributed by atoms with Gasteiger partial charge in [0, 0.05) is 13.0 Å². The largest absolute Gasteiger partial charge is 0.462 e. The summed E-state index contributed by atoms with van der Waals surface area (Å²) in [7, 11) is 1.57. The van der Waals surface area contributed by atoms with Crippen molar-refractivity contribution in [2.24, 2.45) is 5.92 Å². The van der Waals surface area contributed by atoms with Gasteiger partial charge in [-0.15, -0.1) is 0 Å². The molecule has 0 saturated carbocycles. The van der Waals surface area contributed by atoms with Gasteiger partial charge in [-0.05, 0) is 30.0 Å². The molecule has 0 amide bonds. The highest BCUT2D eigenvalue weighted by Gasteiger charge is 2.17. The Morgan fingerprint density at radius 1 is 1.22 bits per heavy atom. The predicted molar refractivity (Wildman–Crippen MR) is 71.4 cm³/mol. The van der Waals surface area contributed by atoms with Gasteiger partial charge in [-0.25, -0.2) is 4.39 Å². The minimum atomic E-state index is -0.424. The van der Waals surface area contributed by atoms with Crippen molar-refractivity contribution in [3.8, 4) is 5.75 Å². The molecule has 18 heavy (non-hydrogen) atoms. The van der Waals surface area contributed by atoms with Crippen molar-refractivity contribution >= 4 is 0 Å². The molecule has 0 heterocycles. The maximum Gasteiger partial charge on any atom is 0.202 e. The van der Waals surface area contributed by atoms with E-state index in [0.717, 1.165) is 12.0 Å². The average Bonchev–Trinajstić information content (AvgIpc) is 2.36. The fourth-order valence-electron chi connectivity index (χ4n) is 1.73. The monoisotopic (exact) mass is 254 g/mol. The Hall–Kier alpha value is -1.09. The number of hydrogen-bond acceptors (Lipinski definition) is 2. The summed E-state index contributed by atoms with van der Waals surface area (Å²) < 4.78 is 24.5. The molecule has 0 aliphatic carbocycles. The maximum atomic E-state index is 13.7. The molecule has 2 unspecified atom stereocenters. The Bertz CT molecular complexity index is 377. The van der Waals surface area contributed by atoms with Crippen LogP contribution in [0.2, 0.25) is 0 Å². The highest BCUT2D eigenvalue weighted by atomic mass is 19.1. The molecule has 0 spiro atoms. The molecular weight excluding hydrogens is 231 g/mol. The zero-order valence-electron chi connectivity index (χ0n) is 11.9. The summed E-state index contributed by atoms with van der Waals surface area (Å²) in [5, 5.41) is 0. The minimum Gasteiger partial charge on any atom is -0.462 e. The van der Waals surface area contributed by atoms with Crippen LogP contribution in [0, 0.1) is 11.7 Å². The second-order valence-electron chi connectivity index (χ2n) is 4.97. The van der Waals surface area contributed by atoms with Crippen LogP contribution in [-0.4, -0.2) is 13.4 Å². The highest BCUT2D eigenvalue weighted by Crippen LogP contribution is 2.27. The molecule has 0 N–H and O–H groups in total. The molecule has 1 aromatic carbocycles. The molecule has 0 radical (unpaired) electrons. The quantitative estimate of drug-likeness (QED) is 0.703. The third-order valence-electron chi connectivity index (χ3n) is 3.16. The van der Waals surface area contributed by atoms with Gasteiger partial charge < -0.3 is 9.47 Å². The van der Waals surface area contributed by atoms with Crippen molar-refractivity contribution < 1.29 is 13.9 Å². The first-order valence-corrected chi connectivity index (χ1v) is 6.48. The number of benzene rings is 1. The minimum absolute atomic E-state index is 0.168. The lowest BCUT2D eigenvalue weighted by Crippen LogP contribution is -2.25. The normalized spacial score (nSPS) is 14.6. The van der Waals surface area contributed by atoms with Gasteiger partial charge in [0.25, 0.3) is 0 Å². The molecular formula is C15H23FO2. The van der Waals surface area contributed by atoms with E-state index in [1.807, 2.05) is 19.9 Å². The molecule has 1 rings (SSSR count). The van der Waals surface area contributed by atoms with Crippen molar-refractivity contribution in [1.82, 2.24) is 0 Å². The molecule has 102 valence electrons. The van der Waals surface area contributed by atoms with Crippen molar-refractivity contribution in [2.75, 3.05) is 7.11 Å². The second kappa shape index (κ2) is 6.74. The van der Waals surface area contributed by atoms with E-state index >= 15 is 0 Å². The summed E-state index contributed by atoms with van der Waals surface area (Å²) in [6.45, 7) is 8.18. The van der Waals surface area contributed by atoms with Gasteiger partial charge in [0.1, 0.15) is 0 Å². The summed E-state index contributed by atoms with van der Waals surface area (Å²) in [5.74, 6) is 0.493. The molecule has 3 heteroatoms. The smallest absolute Gasteiger partial charge is 0.202 e. The molecule has 2 nitrogen and oxygen atoms in total. The Labute approximate surface area is 109 Å². The lowest BCUT2D eigenvalue weighted by molar-refractivity contribution is -0.0851. The number of ether oxygens (including phenoxy) is 2. The molecule has 0 bridgehead atoms. The summed E-state index contributed by atoms with van der Waals surface area (Å²) in [6.07, 6.45) is 0.592. The Morgan fingerprint density at radius 2 is 1.89 bits per heavy atom. The standard InChI is InChI=1S/C15H23FO2/c1-6-11(4)12-7-8-13(16)14(9-12)18-15(17-5)10(2)3/h7-11,15H,6H2,1-5H3. The molecule has 2 atom stereocenters. The highest BCUT2D eigenvalue weighted by molar-refractivity contribution is 5.32. The van der Waals surface area contributed by atoms with Crippen LogP contribution in [0.4, 0.5) is 4.39 Å². The molecule has 1 aromatic rings. The van der Waals surface area contributed by atoms with Crippen LogP contribution in [0.5, 0.6) is 5.75 Å². The maximum absolute atomic E-state index is 13.7. The number of hydrogen-bond donors (Lipinski definition) is 0. The van der Waals surface area contributed by atoms with E-state index in [9.17, 15) is 4.39 Å². The van der Waals surface area contributed by atoms with E-state index in [-0.39, 0.29) is 17.5 Å². The van der Waals surface area contributed by atoms with Gasteiger partial charge in [-0.3, -0.25) is 0 Å². The van der Waals surface area contributed by atoms with E-state index < -0.39 is 6.29 Å². The first kappa shape index (κ1) is 15.0. The lowest BCUT2D eigenvalue weighted by atomic mass is 9.98. The third-order valence-corrected chi connectivity index (χ3v) is 3.16. The number of halogens is 1. The zero-order chi connectivity index (χ0) is 13.7. The summed E-state index contributed by atoms with van der Waals surface area (Å²) in [6, 6.07) is 5.05. The molecule has 0 aliphatic heterocycles. The fourth-order valence-corrected chi connectivity index (χ4v) is 1.73. The number of methoxy groups -OCH3 is 1.